The van der Waals surface area contributed by atoms with Gasteiger partial charge >= 0.3 is 5.97 Å². The van der Waals surface area contributed by atoms with Gasteiger partial charge in [-0.25, -0.2) is 13.2 Å². The van der Waals surface area contributed by atoms with E-state index in [9.17, 15) is 18.0 Å². The van der Waals surface area contributed by atoms with Crippen LogP contribution in [0.2, 0.25) is 15.1 Å². The zero-order valence-corrected chi connectivity index (χ0v) is 26.3. The molecule has 1 amide bonds. The monoisotopic (exact) mass is 648 g/mol. The number of sulfonamides is 1. The van der Waals surface area contributed by atoms with Crippen LogP contribution in [0.5, 0.6) is 0 Å². The van der Waals surface area contributed by atoms with Crippen molar-refractivity contribution in [3.8, 4) is 0 Å². The van der Waals surface area contributed by atoms with Gasteiger partial charge in [0.2, 0.25) is 15.9 Å². The molecule has 222 valence electrons. The van der Waals surface area contributed by atoms with Gasteiger partial charge in [0.1, 0.15) is 6.04 Å². The van der Waals surface area contributed by atoms with E-state index in [4.69, 9.17) is 39.5 Å². The summed E-state index contributed by atoms with van der Waals surface area (Å²) in [5.41, 5.74) is 1.28. The van der Waals surface area contributed by atoms with Crippen LogP contribution in [-0.4, -0.2) is 37.8 Å². The van der Waals surface area contributed by atoms with Gasteiger partial charge in [0.25, 0.3) is 0 Å². The van der Waals surface area contributed by atoms with E-state index in [0.29, 0.717) is 32.6 Å². The number of amides is 1. The van der Waals surface area contributed by atoms with Crippen molar-refractivity contribution in [2.24, 2.45) is 5.92 Å². The van der Waals surface area contributed by atoms with Crippen LogP contribution < -0.4 is 5.32 Å². The molecule has 0 bridgehead atoms. The van der Waals surface area contributed by atoms with Crippen LogP contribution in [0.1, 0.15) is 49.9 Å². The van der Waals surface area contributed by atoms with Crippen molar-refractivity contribution in [2.75, 3.05) is 7.11 Å². The topological polar surface area (TPSA) is 92.8 Å². The summed E-state index contributed by atoms with van der Waals surface area (Å²) in [5, 5.41) is 3.98. The predicted molar refractivity (Wildman–Crippen MR) is 165 cm³/mol. The zero-order chi connectivity index (χ0) is 30.6. The van der Waals surface area contributed by atoms with Gasteiger partial charge in [-0.1, -0.05) is 79.0 Å². The van der Waals surface area contributed by atoms with Crippen molar-refractivity contribution in [2.45, 2.75) is 49.7 Å². The summed E-state index contributed by atoms with van der Waals surface area (Å²) in [6, 6.07) is 16.8. The minimum absolute atomic E-state index is 0.000130. The Hall–Kier alpha value is -2.88. The number of hydrogen-bond acceptors (Lipinski definition) is 5. The molecule has 0 saturated heterocycles. The smallest absolute Gasteiger partial charge is 0.328 e. The highest BCUT2D eigenvalue weighted by Gasteiger charge is 2.45. The molecule has 11 heteroatoms. The van der Waals surface area contributed by atoms with E-state index in [-0.39, 0.29) is 22.8 Å². The van der Waals surface area contributed by atoms with Gasteiger partial charge in [-0.05, 0) is 78.4 Å². The fraction of sp³-hybridized carbons (Fsp3) is 0.290. The number of carbonyl (C=O) groups excluding carboxylic acids is 2. The first kappa shape index (κ1) is 32.0. The van der Waals surface area contributed by atoms with E-state index in [1.54, 1.807) is 54.6 Å². The fourth-order valence-corrected chi connectivity index (χ4v) is 7.39. The minimum Gasteiger partial charge on any atom is -0.467 e. The Kier molecular flexibility index (Phi) is 10.4. The number of benzene rings is 3. The van der Waals surface area contributed by atoms with Crippen LogP contribution in [0.4, 0.5) is 0 Å². The third-order valence-corrected chi connectivity index (χ3v) is 9.57. The second kappa shape index (κ2) is 13.6. The molecule has 0 radical (unpaired) electrons. The molecular formula is C31H31Cl3N2O5S. The number of carbonyl (C=O) groups is 2. The lowest BCUT2D eigenvalue weighted by Gasteiger charge is -2.41. The summed E-state index contributed by atoms with van der Waals surface area (Å²) in [6.07, 6.45) is 2.22. The molecular weight excluding hydrogens is 619 g/mol. The normalized spacial score (nSPS) is 18.3. The maximum absolute atomic E-state index is 14.5. The number of esters is 1. The van der Waals surface area contributed by atoms with Gasteiger partial charge in [-0.2, -0.15) is 4.31 Å². The highest BCUT2D eigenvalue weighted by atomic mass is 35.5. The Morgan fingerprint density at radius 2 is 1.52 bits per heavy atom. The van der Waals surface area contributed by atoms with Gasteiger partial charge in [0, 0.05) is 20.6 Å². The molecule has 1 heterocycles. The molecule has 0 unspecified atom stereocenters. The van der Waals surface area contributed by atoms with Gasteiger partial charge in [0.05, 0.1) is 24.1 Å². The molecule has 0 spiro atoms. The van der Waals surface area contributed by atoms with Gasteiger partial charge in [-0.15, -0.1) is 0 Å². The highest BCUT2D eigenvalue weighted by molar-refractivity contribution is 7.89. The molecule has 3 aromatic carbocycles. The minimum atomic E-state index is -4.26. The maximum atomic E-state index is 14.5. The molecule has 3 atom stereocenters. The SMILES string of the molecule is COC(=O)[C@H](CC(C)C)NC(=O)C1=CC[C@@H](c2cccc(Cl)c2)N(S(=O)(=O)c2ccc(Cl)cc2)[C@H]1c1cccc(Cl)c1. The van der Waals surface area contributed by atoms with Gasteiger partial charge in [0.15, 0.2) is 0 Å². The van der Waals surface area contributed by atoms with Crippen LogP contribution >= 0.6 is 34.8 Å². The first-order chi connectivity index (χ1) is 19.9. The quantitative estimate of drug-likeness (QED) is 0.249. The molecule has 0 aromatic heterocycles. The number of rotatable bonds is 9. The number of methoxy groups -OCH3 is 1. The van der Waals surface area contributed by atoms with Crippen LogP contribution in [-0.2, 0) is 24.3 Å². The van der Waals surface area contributed by atoms with Crippen molar-refractivity contribution in [1.29, 1.82) is 0 Å². The summed E-state index contributed by atoms with van der Waals surface area (Å²) in [4.78, 5) is 26.5. The number of hydrogen-bond donors (Lipinski definition) is 1. The first-order valence-electron chi connectivity index (χ1n) is 13.3. The molecule has 1 N–H and O–H groups in total. The standard InChI is InChI=1S/C31H31Cl3N2O5S/c1-19(2)16-27(31(38)41-3)35-30(37)26-14-15-28(20-6-4-8-23(33)17-20)36(29(26)21-7-5-9-24(34)18-21)42(39,40)25-12-10-22(32)11-13-25/h4-14,17-19,27-29H,15-16H2,1-3H3,(H,35,37)/t27-,28-,29-/m0/s1. The van der Waals surface area contributed by atoms with Gasteiger partial charge in [-0.3, -0.25) is 4.79 Å². The second-order valence-electron chi connectivity index (χ2n) is 10.4. The first-order valence-corrected chi connectivity index (χ1v) is 15.9. The number of nitrogens with one attached hydrogen (secondary N) is 1. The van der Waals surface area contributed by atoms with Crippen molar-refractivity contribution < 1.29 is 22.7 Å². The Morgan fingerprint density at radius 1 is 0.929 bits per heavy atom. The summed E-state index contributed by atoms with van der Waals surface area (Å²) >= 11 is 18.8. The lowest BCUT2D eigenvalue weighted by molar-refractivity contribution is -0.145. The lowest BCUT2D eigenvalue weighted by atomic mass is 9.88. The Morgan fingerprint density at radius 3 is 2.10 bits per heavy atom. The fourth-order valence-electron chi connectivity index (χ4n) is 5.09. The average Bonchev–Trinajstić information content (AvgIpc) is 2.95. The zero-order valence-electron chi connectivity index (χ0n) is 23.3. The van der Waals surface area contributed by atoms with Crippen LogP contribution in [0.25, 0.3) is 0 Å². The predicted octanol–water partition coefficient (Wildman–Crippen LogP) is 7.15. The molecule has 0 saturated carbocycles. The third kappa shape index (κ3) is 7.18. The van der Waals surface area contributed by atoms with Crippen LogP contribution in [0.3, 0.4) is 0 Å². The lowest BCUT2D eigenvalue weighted by Crippen LogP contribution is -2.48. The van der Waals surface area contributed by atoms with Crippen LogP contribution in [0, 0.1) is 5.92 Å². The van der Waals surface area contributed by atoms with E-state index in [1.165, 1.54) is 35.7 Å². The second-order valence-corrected chi connectivity index (χ2v) is 13.5. The Bertz CT molecular complexity index is 1590. The molecule has 1 aliphatic heterocycles. The van der Waals surface area contributed by atoms with Crippen molar-refractivity contribution in [3.05, 3.63) is 111 Å². The molecule has 0 aliphatic carbocycles. The molecule has 42 heavy (non-hydrogen) atoms. The summed E-state index contributed by atoms with van der Waals surface area (Å²) < 4.78 is 35.3. The van der Waals surface area contributed by atoms with Crippen molar-refractivity contribution >= 4 is 56.7 Å². The molecule has 1 aliphatic rings. The Labute approximate surface area is 261 Å². The summed E-state index contributed by atoms with van der Waals surface area (Å²) in [5.74, 6) is -1.10. The molecule has 0 fully saturated rings. The average molecular weight is 650 g/mol. The van der Waals surface area contributed by atoms with E-state index in [1.807, 2.05) is 13.8 Å². The molecule has 3 aromatic rings. The summed E-state index contributed by atoms with van der Waals surface area (Å²) in [6.45, 7) is 3.85. The molecule has 7 nitrogen and oxygen atoms in total. The van der Waals surface area contributed by atoms with Crippen molar-refractivity contribution in [1.82, 2.24) is 9.62 Å². The third-order valence-electron chi connectivity index (χ3n) is 6.96. The van der Waals surface area contributed by atoms with E-state index in [2.05, 4.69) is 5.32 Å². The van der Waals surface area contributed by atoms with E-state index in [0.717, 1.165) is 0 Å². The maximum Gasteiger partial charge on any atom is 0.328 e. The van der Waals surface area contributed by atoms with Gasteiger partial charge < -0.3 is 10.1 Å². The number of ether oxygens (including phenoxy) is 1. The van der Waals surface area contributed by atoms with E-state index < -0.39 is 40.0 Å². The van der Waals surface area contributed by atoms with Crippen LogP contribution in [0.15, 0.2) is 89.3 Å². The Balaban J connectivity index is 1.92. The van der Waals surface area contributed by atoms with E-state index >= 15 is 0 Å². The largest absolute Gasteiger partial charge is 0.467 e. The number of halogens is 3. The highest BCUT2D eigenvalue weighted by Crippen LogP contribution is 2.46. The molecule has 4 rings (SSSR count). The summed E-state index contributed by atoms with van der Waals surface area (Å²) in [7, 11) is -3.00. The van der Waals surface area contributed by atoms with Crippen molar-refractivity contribution in [3.63, 3.8) is 0 Å². The number of nitrogens with zero attached hydrogens (tertiary/aromatic N) is 1.